The minimum atomic E-state index is -0.153. The number of thioether (sulfide) groups is 1. The van der Waals surface area contributed by atoms with Crippen molar-refractivity contribution in [2.75, 3.05) is 0 Å². The first-order valence-electron chi connectivity index (χ1n) is 7.38. The summed E-state index contributed by atoms with van der Waals surface area (Å²) in [4.78, 5) is 1.24. The van der Waals surface area contributed by atoms with E-state index in [1.165, 1.54) is 16.0 Å². The highest BCUT2D eigenvalue weighted by Gasteiger charge is 2.40. The van der Waals surface area contributed by atoms with Crippen LogP contribution >= 0.6 is 27.7 Å². The maximum atomic E-state index is 9.78. The fraction of sp³-hybridized carbons (Fsp3) is 0.333. The van der Waals surface area contributed by atoms with Crippen molar-refractivity contribution in [1.29, 1.82) is 0 Å². The van der Waals surface area contributed by atoms with Crippen LogP contribution in [-0.2, 0) is 11.8 Å². The molecule has 2 aromatic carbocycles. The van der Waals surface area contributed by atoms with Gasteiger partial charge in [-0.15, -0.1) is 11.8 Å². The molecule has 116 valence electrons. The first-order chi connectivity index (χ1) is 10.4. The lowest BCUT2D eigenvalue weighted by molar-refractivity contribution is 0.369. The average Bonchev–Trinajstić information content (AvgIpc) is 2.48. The van der Waals surface area contributed by atoms with Crippen molar-refractivity contribution >= 4 is 27.7 Å². The normalized spacial score (nSPS) is 23.1. The molecule has 0 unspecified atom stereocenters. The number of rotatable bonds is 2. The van der Waals surface area contributed by atoms with E-state index in [2.05, 4.69) is 54.0 Å². The highest BCUT2D eigenvalue weighted by Crippen LogP contribution is 2.43. The molecule has 1 aliphatic rings. The van der Waals surface area contributed by atoms with Gasteiger partial charge in [0, 0.05) is 26.1 Å². The predicted octanol–water partition coefficient (Wildman–Crippen LogP) is 4.48. The molecule has 0 spiro atoms. The van der Waals surface area contributed by atoms with Crippen molar-refractivity contribution in [3.05, 3.63) is 58.1 Å². The summed E-state index contributed by atoms with van der Waals surface area (Å²) in [6, 6.07) is 14.1. The molecule has 0 amide bonds. The van der Waals surface area contributed by atoms with Crippen LogP contribution in [0.3, 0.4) is 0 Å². The van der Waals surface area contributed by atoms with Gasteiger partial charge in [0.05, 0.1) is 0 Å². The third kappa shape index (κ3) is 2.92. The van der Waals surface area contributed by atoms with E-state index in [1.807, 2.05) is 23.9 Å². The lowest BCUT2D eigenvalue weighted by atomic mass is 9.69. The van der Waals surface area contributed by atoms with Crippen molar-refractivity contribution in [2.24, 2.45) is 5.73 Å². The predicted molar refractivity (Wildman–Crippen MR) is 96.6 cm³/mol. The van der Waals surface area contributed by atoms with E-state index in [-0.39, 0.29) is 11.5 Å². The Labute approximate surface area is 144 Å². The van der Waals surface area contributed by atoms with E-state index in [0.29, 0.717) is 11.0 Å². The second-order valence-corrected chi connectivity index (χ2v) is 8.63. The number of benzene rings is 2. The fourth-order valence-electron chi connectivity index (χ4n) is 3.13. The monoisotopic (exact) mass is 377 g/mol. The zero-order chi connectivity index (χ0) is 15.9. The summed E-state index contributed by atoms with van der Waals surface area (Å²) in [7, 11) is 0. The Morgan fingerprint density at radius 1 is 1.18 bits per heavy atom. The molecular weight excluding hydrogens is 358 g/mol. The molecule has 3 N–H and O–H groups in total. The molecule has 0 fully saturated rings. The second-order valence-electron chi connectivity index (χ2n) is 6.40. The van der Waals surface area contributed by atoms with Gasteiger partial charge in [-0.1, -0.05) is 35.8 Å². The first-order valence-corrected chi connectivity index (χ1v) is 9.05. The van der Waals surface area contributed by atoms with Gasteiger partial charge in [-0.05, 0) is 53.9 Å². The van der Waals surface area contributed by atoms with E-state index in [9.17, 15) is 5.11 Å². The minimum Gasteiger partial charge on any atom is -0.508 e. The number of halogens is 1. The Morgan fingerprint density at radius 2 is 1.86 bits per heavy atom. The molecule has 0 saturated heterocycles. The largest absolute Gasteiger partial charge is 0.508 e. The highest BCUT2D eigenvalue weighted by atomic mass is 79.9. The van der Waals surface area contributed by atoms with Gasteiger partial charge in [-0.2, -0.15) is 0 Å². The summed E-state index contributed by atoms with van der Waals surface area (Å²) in [5, 5.41) is 10.1. The lowest BCUT2D eigenvalue weighted by Gasteiger charge is -2.43. The summed E-state index contributed by atoms with van der Waals surface area (Å²) >= 11 is 5.31. The molecule has 0 saturated carbocycles. The van der Waals surface area contributed by atoms with Crippen LogP contribution in [0.2, 0.25) is 0 Å². The Balaban J connectivity index is 1.91. The topological polar surface area (TPSA) is 46.2 Å². The standard InChI is InChI=1S/C18H20BrNOS/c1-18(2)15-10-13(21)6-3-11(15)9-16(17(18)20)22-14-7-4-12(19)5-8-14/h3-8,10,16-17,21H,9,20H2,1-2H3/t16-,17+/m0/s1. The summed E-state index contributed by atoms with van der Waals surface area (Å²) in [6.07, 6.45) is 0.931. The molecule has 2 nitrogen and oxygen atoms in total. The van der Waals surface area contributed by atoms with Gasteiger partial charge in [-0.25, -0.2) is 0 Å². The van der Waals surface area contributed by atoms with Crippen LogP contribution in [0.15, 0.2) is 51.8 Å². The van der Waals surface area contributed by atoms with Crippen molar-refractivity contribution in [3.63, 3.8) is 0 Å². The van der Waals surface area contributed by atoms with Crippen molar-refractivity contribution in [1.82, 2.24) is 0 Å². The first kappa shape index (κ1) is 15.9. The Bertz CT molecular complexity index is 684. The third-order valence-electron chi connectivity index (χ3n) is 4.54. The number of fused-ring (bicyclic) bond motifs is 1. The van der Waals surface area contributed by atoms with Crippen LogP contribution in [0.25, 0.3) is 0 Å². The number of phenolic OH excluding ortho intramolecular Hbond substituents is 1. The van der Waals surface area contributed by atoms with E-state index in [4.69, 9.17) is 5.73 Å². The lowest BCUT2D eigenvalue weighted by Crippen LogP contribution is -2.52. The smallest absolute Gasteiger partial charge is 0.115 e. The zero-order valence-electron chi connectivity index (χ0n) is 12.7. The van der Waals surface area contributed by atoms with Crippen LogP contribution < -0.4 is 5.73 Å². The molecular formula is C18H20BrNOS. The van der Waals surface area contributed by atoms with Gasteiger partial charge < -0.3 is 10.8 Å². The van der Waals surface area contributed by atoms with Gasteiger partial charge in [0.2, 0.25) is 0 Å². The van der Waals surface area contributed by atoms with Gasteiger partial charge >= 0.3 is 0 Å². The zero-order valence-corrected chi connectivity index (χ0v) is 15.1. The minimum absolute atomic E-state index is 0.0375. The van der Waals surface area contributed by atoms with Crippen LogP contribution in [0.1, 0.15) is 25.0 Å². The molecule has 22 heavy (non-hydrogen) atoms. The Morgan fingerprint density at radius 3 is 2.55 bits per heavy atom. The van der Waals surface area contributed by atoms with E-state index >= 15 is 0 Å². The van der Waals surface area contributed by atoms with Gasteiger partial charge in [0.15, 0.2) is 0 Å². The number of hydrogen-bond donors (Lipinski definition) is 2. The second kappa shape index (κ2) is 5.91. The number of nitrogens with two attached hydrogens (primary N) is 1. The summed E-state index contributed by atoms with van der Waals surface area (Å²) in [5.74, 6) is 0.318. The van der Waals surface area contributed by atoms with Crippen LogP contribution in [-0.4, -0.2) is 16.4 Å². The summed E-state index contributed by atoms with van der Waals surface area (Å²) in [6.45, 7) is 4.34. The average molecular weight is 378 g/mol. The molecule has 3 rings (SSSR count). The van der Waals surface area contributed by atoms with Gasteiger partial charge in [0.25, 0.3) is 0 Å². The molecule has 1 aliphatic carbocycles. The van der Waals surface area contributed by atoms with Crippen molar-refractivity contribution in [3.8, 4) is 5.75 Å². The number of hydrogen-bond acceptors (Lipinski definition) is 3. The van der Waals surface area contributed by atoms with E-state index < -0.39 is 0 Å². The van der Waals surface area contributed by atoms with E-state index in [0.717, 1.165) is 10.9 Å². The molecule has 4 heteroatoms. The Hall–Kier alpha value is -0.970. The molecule has 0 radical (unpaired) electrons. The number of aromatic hydroxyl groups is 1. The molecule has 0 heterocycles. The van der Waals surface area contributed by atoms with Crippen LogP contribution in [0, 0.1) is 0 Å². The summed E-state index contributed by atoms with van der Waals surface area (Å²) in [5.41, 5.74) is 8.90. The van der Waals surface area contributed by atoms with Gasteiger partial charge in [0.1, 0.15) is 5.75 Å². The van der Waals surface area contributed by atoms with Gasteiger partial charge in [-0.3, -0.25) is 0 Å². The Kier molecular flexibility index (Phi) is 4.27. The maximum absolute atomic E-state index is 9.78. The third-order valence-corrected chi connectivity index (χ3v) is 6.38. The molecule has 0 aliphatic heterocycles. The molecule has 0 bridgehead atoms. The highest BCUT2D eigenvalue weighted by molar-refractivity contribution is 9.10. The fourth-order valence-corrected chi connectivity index (χ4v) is 4.79. The quantitative estimate of drug-likeness (QED) is 0.810. The van der Waals surface area contributed by atoms with Crippen molar-refractivity contribution in [2.45, 2.75) is 41.9 Å². The van der Waals surface area contributed by atoms with Crippen molar-refractivity contribution < 1.29 is 5.11 Å². The number of phenols is 1. The molecule has 2 atom stereocenters. The molecule has 0 aromatic heterocycles. The molecule has 2 aromatic rings. The van der Waals surface area contributed by atoms with Crippen LogP contribution in [0.5, 0.6) is 5.75 Å². The van der Waals surface area contributed by atoms with E-state index in [1.54, 1.807) is 6.07 Å². The maximum Gasteiger partial charge on any atom is 0.115 e. The summed E-state index contributed by atoms with van der Waals surface area (Å²) < 4.78 is 1.09. The SMILES string of the molecule is CC1(C)c2cc(O)ccc2C[C@H](Sc2ccc(Br)cc2)[C@H]1N. The van der Waals surface area contributed by atoms with Crippen LogP contribution in [0.4, 0.5) is 0 Å².